The van der Waals surface area contributed by atoms with Crippen LogP contribution >= 0.6 is 48.0 Å². The molecule has 6 nitrogen and oxygen atoms in total. The van der Waals surface area contributed by atoms with Crippen molar-refractivity contribution in [2.45, 2.75) is 13.5 Å². The normalized spacial score (nSPS) is 13.3. The van der Waals surface area contributed by atoms with Crippen LogP contribution in [0.3, 0.4) is 0 Å². The molecule has 140 valence electrons. The van der Waals surface area contributed by atoms with Crippen molar-refractivity contribution in [3.63, 3.8) is 0 Å². The smallest absolute Gasteiger partial charge is 0.271 e. The molecule has 0 atom stereocenters. The Morgan fingerprint density at radius 1 is 1.31 bits per heavy atom. The van der Waals surface area contributed by atoms with Gasteiger partial charge < -0.3 is 15.2 Å². The number of likely N-dealkylation sites (N-methyl/N-ethyl adjacent to an activating group) is 1. The van der Waals surface area contributed by atoms with Gasteiger partial charge in [0, 0.05) is 48.0 Å². The summed E-state index contributed by atoms with van der Waals surface area (Å²) in [7, 11) is 0. The lowest BCUT2D eigenvalue weighted by Gasteiger charge is -2.28. The summed E-state index contributed by atoms with van der Waals surface area (Å²) in [6.45, 7) is 3.88. The van der Waals surface area contributed by atoms with Crippen LogP contribution in [0, 0.1) is 0 Å². The van der Waals surface area contributed by atoms with Gasteiger partial charge >= 0.3 is 0 Å². The first-order chi connectivity index (χ1) is 11.5. The van der Waals surface area contributed by atoms with Gasteiger partial charge in [0.05, 0.1) is 21.8 Å². The van der Waals surface area contributed by atoms with E-state index in [-0.39, 0.29) is 30.7 Å². The summed E-state index contributed by atoms with van der Waals surface area (Å²) in [4.78, 5) is 14.8. The maximum absolute atomic E-state index is 13.0. The number of hydrogen-bond acceptors (Lipinski definition) is 3. The zero-order valence-corrected chi connectivity index (χ0v) is 16.9. The average Bonchev–Trinajstić information content (AvgIpc) is 3.18. The molecule has 2 aromatic heterocycles. The summed E-state index contributed by atoms with van der Waals surface area (Å²) in [6, 6.07) is 1.63. The number of nitrogen functional groups attached to an aromatic ring is 1. The highest BCUT2D eigenvalue weighted by Crippen LogP contribution is 2.44. The summed E-state index contributed by atoms with van der Waals surface area (Å²) in [5.41, 5.74) is 9.57. The van der Waals surface area contributed by atoms with Crippen molar-refractivity contribution in [2.75, 3.05) is 18.8 Å². The number of rotatable bonds is 2. The lowest BCUT2D eigenvalue weighted by Crippen LogP contribution is -2.40. The van der Waals surface area contributed by atoms with E-state index in [4.69, 9.17) is 28.9 Å². The summed E-state index contributed by atoms with van der Waals surface area (Å²) in [5.74, 6) is -0.0391. The molecule has 10 heteroatoms. The van der Waals surface area contributed by atoms with Gasteiger partial charge in [0.25, 0.3) is 5.91 Å². The zero-order valence-electron chi connectivity index (χ0n) is 13.8. The van der Waals surface area contributed by atoms with Gasteiger partial charge in [-0.25, -0.2) is 0 Å². The van der Waals surface area contributed by atoms with Gasteiger partial charge in [0.1, 0.15) is 5.69 Å². The Labute approximate surface area is 172 Å². The molecule has 0 bridgehead atoms. The number of benzene rings is 1. The number of amides is 1. The summed E-state index contributed by atoms with van der Waals surface area (Å²) < 4.78 is 1.93. The summed E-state index contributed by atoms with van der Waals surface area (Å²) in [6.07, 6.45) is 3.42. The SMILES string of the molecule is CCN1CCn2c(c(-c3cn[nH]c3)c3c(N)cc(Cl)c(Cl)c32)C1=O.Cl.Cl. The fourth-order valence-corrected chi connectivity index (χ4v) is 3.86. The molecule has 4 rings (SSSR count). The second-order valence-corrected chi connectivity index (χ2v) is 6.52. The number of hydrogen-bond donors (Lipinski definition) is 2. The second-order valence-electron chi connectivity index (χ2n) is 5.73. The van der Waals surface area contributed by atoms with Crippen molar-refractivity contribution in [3.8, 4) is 11.1 Å². The number of carbonyl (C=O) groups excluding carboxylic acids is 1. The van der Waals surface area contributed by atoms with Gasteiger partial charge in [-0.1, -0.05) is 23.2 Å². The molecule has 1 amide bonds. The summed E-state index contributed by atoms with van der Waals surface area (Å²) in [5, 5.41) is 8.33. The van der Waals surface area contributed by atoms with Crippen molar-refractivity contribution in [1.82, 2.24) is 19.7 Å². The van der Waals surface area contributed by atoms with Gasteiger partial charge in [-0.15, -0.1) is 24.8 Å². The molecule has 3 aromatic rings. The third kappa shape index (κ3) is 2.81. The van der Waals surface area contributed by atoms with E-state index in [1.54, 1.807) is 18.5 Å². The average molecular weight is 437 g/mol. The van der Waals surface area contributed by atoms with E-state index in [0.717, 1.165) is 16.5 Å². The molecule has 0 spiro atoms. The third-order valence-electron chi connectivity index (χ3n) is 4.50. The molecule has 0 saturated carbocycles. The van der Waals surface area contributed by atoms with E-state index in [9.17, 15) is 4.79 Å². The Balaban J connectivity index is 0.00000121. The predicted octanol–water partition coefficient (Wildman–Crippen LogP) is 4.24. The minimum atomic E-state index is -0.0391. The minimum Gasteiger partial charge on any atom is -0.398 e. The maximum atomic E-state index is 13.0. The van der Waals surface area contributed by atoms with Crippen LogP contribution in [0.4, 0.5) is 5.69 Å². The first-order valence-electron chi connectivity index (χ1n) is 7.62. The number of halogens is 4. The van der Waals surface area contributed by atoms with Gasteiger partial charge in [0.2, 0.25) is 0 Å². The molecule has 0 aliphatic carbocycles. The molecule has 1 aliphatic rings. The molecule has 26 heavy (non-hydrogen) atoms. The van der Waals surface area contributed by atoms with E-state index in [1.807, 2.05) is 16.4 Å². The number of aromatic amines is 1. The fraction of sp³-hybridized carbons (Fsp3) is 0.250. The van der Waals surface area contributed by atoms with Crippen molar-refractivity contribution in [2.24, 2.45) is 0 Å². The Kier molecular flexibility index (Phi) is 6.02. The number of nitrogens with one attached hydrogen (secondary N) is 1. The standard InChI is InChI=1S/C16H15Cl2N5O.2ClH/c1-2-22-3-4-23-14-12(10(19)5-9(17)13(14)18)11(15(23)16(22)24)8-6-20-21-7-8;;/h5-7H,2-4,19H2,1H3,(H,20,21);2*1H. The Morgan fingerprint density at radius 3 is 2.65 bits per heavy atom. The van der Waals surface area contributed by atoms with E-state index < -0.39 is 0 Å². The van der Waals surface area contributed by atoms with Crippen LogP contribution in [0.5, 0.6) is 0 Å². The Morgan fingerprint density at radius 2 is 2.04 bits per heavy atom. The number of carbonyl (C=O) groups is 1. The second kappa shape index (κ2) is 7.56. The molecule has 3 N–H and O–H groups in total. The molecule has 0 unspecified atom stereocenters. The fourth-order valence-electron chi connectivity index (χ4n) is 3.40. The highest BCUT2D eigenvalue weighted by atomic mass is 35.5. The monoisotopic (exact) mass is 435 g/mol. The van der Waals surface area contributed by atoms with Crippen LogP contribution in [0.2, 0.25) is 10.0 Å². The minimum absolute atomic E-state index is 0. The number of anilines is 1. The molecule has 0 fully saturated rings. The zero-order chi connectivity index (χ0) is 17.0. The van der Waals surface area contributed by atoms with Crippen LogP contribution in [0.25, 0.3) is 22.0 Å². The highest BCUT2D eigenvalue weighted by Gasteiger charge is 2.33. The largest absolute Gasteiger partial charge is 0.398 e. The lowest BCUT2D eigenvalue weighted by atomic mass is 10.0. The van der Waals surface area contributed by atoms with Gasteiger partial charge in [0.15, 0.2) is 0 Å². The number of aromatic nitrogens is 3. The van der Waals surface area contributed by atoms with E-state index in [1.165, 1.54) is 0 Å². The molecular formula is C16H17Cl4N5O. The first-order valence-corrected chi connectivity index (χ1v) is 8.38. The van der Waals surface area contributed by atoms with Crippen LogP contribution in [0.15, 0.2) is 18.5 Å². The highest BCUT2D eigenvalue weighted by molar-refractivity contribution is 6.46. The molecule has 3 heterocycles. The van der Waals surface area contributed by atoms with Crippen molar-refractivity contribution in [3.05, 3.63) is 34.2 Å². The number of fused-ring (bicyclic) bond motifs is 3. The van der Waals surface area contributed by atoms with E-state index in [0.29, 0.717) is 46.6 Å². The van der Waals surface area contributed by atoms with E-state index in [2.05, 4.69) is 10.2 Å². The van der Waals surface area contributed by atoms with Crippen LogP contribution in [-0.2, 0) is 6.54 Å². The third-order valence-corrected chi connectivity index (χ3v) is 5.28. The molecule has 0 saturated heterocycles. The number of H-pyrrole nitrogens is 1. The van der Waals surface area contributed by atoms with Gasteiger partial charge in [-0.3, -0.25) is 9.89 Å². The van der Waals surface area contributed by atoms with Crippen LogP contribution in [0.1, 0.15) is 17.4 Å². The van der Waals surface area contributed by atoms with Crippen molar-refractivity contribution < 1.29 is 4.79 Å². The number of nitrogens with two attached hydrogens (primary N) is 1. The molecule has 1 aromatic carbocycles. The molecular weight excluding hydrogens is 420 g/mol. The predicted molar refractivity (Wildman–Crippen MR) is 110 cm³/mol. The maximum Gasteiger partial charge on any atom is 0.271 e. The van der Waals surface area contributed by atoms with Crippen LogP contribution < -0.4 is 5.73 Å². The van der Waals surface area contributed by atoms with Crippen molar-refractivity contribution >= 4 is 70.5 Å². The van der Waals surface area contributed by atoms with Crippen molar-refractivity contribution in [1.29, 1.82) is 0 Å². The first kappa shape index (κ1) is 20.7. The molecule has 1 aliphatic heterocycles. The van der Waals surface area contributed by atoms with Crippen LogP contribution in [-0.4, -0.2) is 38.7 Å². The van der Waals surface area contributed by atoms with E-state index >= 15 is 0 Å². The lowest BCUT2D eigenvalue weighted by molar-refractivity contribution is 0.0718. The quantitative estimate of drug-likeness (QED) is 0.589. The molecule has 0 radical (unpaired) electrons. The Bertz CT molecular complexity index is 967. The Hall–Kier alpha value is -1.60. The topological polar surface area (TPSA) is 79.9 Å². The summed E-state index contributed by atoms with van der Waals surface area (Å²) >= 11 is 12.7. The van der Waals surface area contributed by atoms with Gasteiger partial charge in [-0.05, 0) is 13.0 Å². The van der Waals surface area contributed by atoms with Gasteiger partial charge in [-0.2, -0.15) is 5.10 Å². The number of nitrogens with zero attached hydrogens (tertiary/aromatic N) is 3.